The molecule has 0 spiro atoms. The molecule has 3 rings (SSSR count). The van der Waals surface area contributed by atoms with Crippen LogP contribution < -0.4 is 4.74 Å². The zero-order valence-electron chi connectivity index (χ0n) is 15.6. The van der Waals surface area contributed by atoms with Crippen LogP contribution in [0.15, 0.2) is 64.3 Å². The van der Waals surface area contributed by atoms with Crippen LogP contribution in [-0.2, 0) is 4.79 Å². The molecule has 0 fully saturated rings. The van der Waals surface area contributed by atoms with Gasteiger partial charge in [-0.3, -0.25) is 9.79 Å². The van der Waals surface area contributed by atoms with E-state index in [9.17, 15) is 9.18 Å². The molecule has 0 amide bonds. The first-order valence-electron chi connectivity index (χ1n) is 8.50. The smallest absolute Gasteiger partial charge is 0.237 e. The average molecular weight is 432 g/mol. The Kier molecular flexibility index (Phi) is 6.46. The minimum Gasteiger partial charge on any atom is -0.437 e. The normalized spacial score (nSPS) is 15.5. The highest BCUT2D eigenvalue weighted by Crippen LogP contribution is 2.33. The Morgan fingerprint density at radius 2 is 1.93 bits per heavy atom. The first-order valence-corrected chi connectivity index (χ1v) is 9.26. The van der Waals surface area contributed by atoms with E-state index in [2.05, 4.69) is 10.1 Å². The van der Waals surface area contributed by atoms with Crippen LogP contribution in [0.5, 0.6) is 5.75 Å². The topological polar surface area (TPSA) is 54.3 Å². The number of aldehydes is 1. The summed E-state index contributed by atoms with van der Waals surface area (Å²) < 4.78 is 19.1. The van der Waals surface area contributed by atoms with Crippen molar-refractivity contribution in [2.24, 2.45) is 10.1 Å². The van der Waals surface area contributed by atoms with Crippen LogP contribution >= 0.6 is 23.2 Å². The van der Waals surface area contributed by atoms with Crippen LogP contribution in [0.25, 0.3) is 5.57 Å². The second-order valence-corrected chi connectivity index (χ2v) is 6.83. The number of ether oxygens (including phenoxy) is 1. The number of rotatable bonds is 4. The van der Waals surface area contributed by atoms with Gasteiger partial charge in [0.15, 0.2) is 6.29 Å². The molecule has 0 aliphatic carbocycles. The van der Waals surface area contributed by atoms with Crippen molar-refractivity contribution < 1.29 is 13.9 Å². The summed E-state index contributed by atoms with van der Waals surface area (Å²) in [4.78, 5) is 15.9. The number of hydrogen-bond donors (Lipinski definition) is 0. The summed E-state index contributed by atoms with van der Waals surface area (Å²) >= 11 is 12.5. The maximum absolute atomic E-state index is 13.3. The molecule has 0 unspecified atom stereocenters. The molecule has 1 heterocycles. The number of hydrogen-bond acceptors (Lipinski definition) is 4. The Bertz CT molecular complexity index is 1060. The number of hydrazone groups is 1. The second kappa shape index (κ2) is 9.03. The van der Waals surface area contributed by atoms with Gasteiger partial charge in [0, 0.05) is 18.7 Å². The van der Waals surface area contributed by atoms with Crippen molar-refractivity contribution in [3.05, 3.63) is 81.2 Å². The van der Waals surface area contributed by atoms with Crippen LogP contribution in [0, 0.1) is 12.7 Å². The lowest BCUT2D eigenvalue weighted by Gasteiger charge is -2.22. The first kappa shape index (κ1) is 20.8. The third-order valence-corrected chi connectivity index (χ3v) is 4.67. The van der Waals surface area contributed by atoms with Crippen LogP contribution in [-0.4, -0.2) is 30.6 Å². The second-order valence-electron chi connectivity index (χ2n) is 6.02. The molecule has 1 aliphatic rings. The predicted molar refractivity (Wildman–Crippen MR) is 114 cm³/mol. The number of halogens is 3. The molecule has 0 saturated heterocycles. The lowest BCUT2D eigenvalue weighted by molar-refractivity contribution is -0.103. The molecule has 2 aromatic rings. The van der Waals surface area contributed by atoms with E-state index >= 15 is 0 Å². The van der Waals surface area contributed by atoms with E-state index in [4.69, 9.17) is 27.9 Å². The van der Waals surface area contributed by atoms with Gasteiger partial charge in [0.05, 0.1) is 21.3 Å². The van der Waals surface area contributed by atoms with Crippen molar-refractivity contribution in [3.8, 4) is 5.75 Å². The highest BCUT2D eigenvalue weighted by Gasteiger charge is 2.21. The minimum atomic E-state index is -0.354. The Morgan fingerprint density at radius 3 is 2.55 bits per heavy atom. The summed E-state index contributed by atoms with van der Waals surface area (Å²) in [5.41, 5.74) is 1.69. The molecule has 8 heteroatoms. The monoisotopic (exact) mass is 431 g/mol. The van der Waals surface area contributed by atoms with Gasteiger partial charge in [-0.15, -0.1) is 5.10 Å². The van der Waals surface area contributed by atoms with E-state index in [0.717, 1.165) is 0 Å². The molecular formula is C21H16Cl2FN3O2. The van der Waals surface area contributed by atoms with Crippen LogP contribution in [0.4, 0.5) is 4.39 Å². The fraction of sp³-hybridized carbons (Fsp3) is 0.0952. The van der Waals surface area contributed by atoms with Gasteiger partial charge >= 0.3 is 0 Å². The van der Waals surface area contributed by atoms with Gasteiger partial charge in [-0.1, -0.05) is 29.3 Å². The standard InChI is InChI=1S/C21H16Cl2FN3O2/c1-13-10-14(24)6-8-19(13)29-20-9-7-18(27(26-20)12-25-2)15(11-28)21-16(22)4-3-5-17(21)23/h3-12H,1-2H3/b18-15+,25-12?. The fourth-order valence-corrected chi connectivity index (χ4v) is 3.33. The van der Waals surface area contributed by atoms with Gasteiger partial charge < -0.3 is 4.74 Å². The van der Waals surface area contributed by atoms with Gasteiger partial charge in [-0.05, 0) is 48.9 Å². The average Bonchev–Trinajstić information content (AvgIpc) is 2.68. The molecule has 148 valence electrons. The van der Waals surface area contributed by atoms with Gasteiger partial charge in [0.1, 0.15) is 17.9 Å². The minimum absolute atomic E-state index is 0.235. The highest BCUT2D eigenvalue weighted by molar-refractivity contribution is 6.39. The van der Waals surface area contributed by atoms with E-state index in [1.807, 2.05) is 0 Å². The van der Waals surface area contributed by atoms with Gasteiger partial charge in [0.2, 0.25) is 5.90 Å². The lowest BCUT2D eigenvalue weighted by Crippen LogP contribution is -2.24. The van der Waals surface area contributed by atoms with E-state index in [1.165, 1.54) is 29.5 Å². The first-order chi connectivity index (χ1) is 13.9. The summed E-state index contributed by atoms with van der Waals surface area (Å²) in [5.74, 6) is 0.340. The van der Waals surface area contributed by atoms with E-state index in [-0.39, 0.29) is 17.3 Å². The number of aryl methyl sites for hydroxylation is 1. The van der Waals surface area contributed by atoms with E-state index < -0.39 is 0 Å². The van der Waals surface area contributed by atoms with Crippen molar-refractivity contribution in [2.75, 3.05) is 7.05 Å². The van der Waals surface area contributed by atoms with E-state index in [1.54, 1.807) is 44.3 Å². The van der Waals surface area contributed by atoms with Crippen LogP contribution in [0.3, 0.4) is 0 Å². The number of benzene rings is 2. The maximum atomic E-state index is 13.3. The molecule has 0 bridgehead atoms. The Hall–Kier alpha value is -2.96. The summed E-state index contributed by atoms with van der Waals surface area (Å²) in [7, 11) is 1.57. The molecule has 1 aliphatic heterocycles. The van der Waals surface area contributed by atoms with Gasteiger partial charge in [0.25, 0.3) is 0 Å². The zero-order valence-corrected chi connectivity index (χ0v) is 17.1. The summed E-state index contributed by atoms with van der Waals surface area (Å²) in [6.07, 6.45) is 5.32. The number of nitrogens with zero attached hydrogens (tertiary/aromatic N) is 3. The molecule has 0 N–H and O–H groups in total. The Morgan fingerprint density at radius 1 is 1.21 bits per heavy atom. The summed E-state index contributed by atoms with van der Waals surface area (Å²) in [5, 5.41) is 6.42. The van der Waals surface area contributed by atoms with Crippen molar-refractivity contribution >= 4 is 47.3 Å². The van der Waals surface area contributed by atoms with Gasteiger partial charge in [-0.25, -0.2) is 9.40 Å². The van der Waals surface area contributed by atoms with Crippen molar-refractivity contribution in [1.29, 1.82) is 0 Å². The van der Waals surface area contributed by atoms with Crippen molar-refractivity contribution in [2.45, 2.75) is 6.92 Å². The molecule has 0 saturated carbocycles. The lowest BCUT2D eigenvalue weighted by atomic mass is 10.0. The molecule has 0 radical (unpaired) electrons. The largest absolute Gasteiger partial charge is 0.437 e. The molecule has 29 heavy (non-hydrogen) atoms. The number of allylic oxidation sites excluding steroid dienone is 2. The van der Waals surface area contributed by atoms with E-state index in [0.29, 0.717) is 38.9 Å². The molecule has 0 atom stereocenters. The molecule has 2 aromatic carbocycles. The molecule has 5 nitrogen and oxygen atoms in total. The van der Waals surface area contributed by atoms with Gasteiger partial charge in [-0.2, -0.15) is 0 Å². The number of aliphatic imine (C=N–C) groups is 1. The van der Waals surface area contributed by atoms with Crippen LogP contribution in [0.1, 0.15) is 11.1 Å². The summed E-state index contributed by atoms with van der Waals surface area (Å²) in [6.45, 7) is 1.73. The Labute approximate surface area is 177 Å². The third kappa shape index (κ3) is 4.55. The SMILES string of the molecule is CN=CN1N=C(Oc2ccc(F)cc2C)C=C/C1=C(/C=O)c1c(Cl)cccc1Cl. The van der Waals surface area contributed by atoms with Crippen molar-refractivity contribution in [1.82, 2.24) is 5.01 Å². The zero-order chi connectivity index (χ0) is 21.0. The number of carbonyl (C=O) groups excluding carboxylic acids is 1. The van der Waals surface area contributed by atoms with Crippen molar-refractivity contribution in [3.63, 3.8) is 0 Å². The molecular weight excluding hydrogens is 416 g/mol. The molecule has 0 aromatic heterocycles. The predicted octanol–water partition coefficient (Wildman–Crippen LogP) is 5.27. The Balaban J connectivity index is 2.03. The highest BCUT2D eigenvalue weighted by atomic mass is 35.5. The quantitative estimate of drug-likeness (QED) is 0.286. The number of carbonyl (C=O) groups is 1. The maximum Gasteiger partial charge on any atom is 0.237 e. The fourth-order valence-electron chi connectivity index (χ4n) is 2.73. The third-order valence-electron chi connectivity index (χ3n) is 4.04. The van der Waals surface area contributed by atoms with Crippen LogP contribution in [0.2, 0.25) is 10.0 Å². The summed E-state index contributed by atoms with van der Waals surface area (Å²) in [6, 6.07) is 9.17.